The van der Waals surface area contributed by atoms with Gasteiger partial charge < -0.3 is 14.8 Å². The zero-order chi connectivity index (χ0) is 22.2. The molecule has 0 bridgehead atoms. The van der Waals surface area contributed by atoms with Gasteiger partial charge in [-0.25, -0.2) is 0 Å². The summed E-state index contributed by atoms with van der Waals surface area (Å²) in [6.45, 7) is 2.06. The molecule has 0 atom stereocenters. The van der Waals surface area contributed by atoms with Crippen LogP contribution in [0.1, 0.15) is 22.8 Å². The van der Waals surface area contributed by atoms with E-state index in [2.05, 4.69) is 10.3 Å². The Balaban J connectivity index is 1.74. The van der Waals surface area contributed by atoms with Crippen LogP contribution in [-0.4, -0.2) is 29.5 Å². The minimum absolute atomic E-state index is 0.111. The molecular weight excluding hydrogens is 418 g/mol. The van der Waals surface area contributed by atoms with Crippen molar-refractivity contribution in [3.63, 3.8) is 0 Å². The standard InChI is InChI=1S/C22H21N3O5S/c1-3-30-21-12-19(25(27)28)18(11-20(21)29-2)22(26)24-16-6-8-17(9-7-16)31-14-15-5-4-10-23-13-15/h4-13H,3,14H2,1-2H3,(H,24,26). The van der Waals surface area contributed by atoms with E-state index in [1.807, 2.05) is 30.5 Å². The van der Waals surface area contributed by atoms with E-state index in [4.69, 9.17) is 9.47 Å². The van der Waals surface area contributed by atoms with Gasteiger partial charge in [-0.3, -0.25) is 19.9 Å². The van der Waals surface area contributed by atoms with E-state index in [0.29, 0.717) is 12.3 Å². The summed E-state index contributed by atoms with van der Waals surface area (Å²) in [6, 6.07) is 13.7. The third kappa shape index (κ3) is 5.73. The van der Waals surface area contributed by atoms with Crippen LogP contribution < -0.4 is 14.8 Å². The molecule has 0 aliphatic carbocycles. The molecule has 9 heteroatoms. The molecule has 0 unspecified atom stereocenters. The number of nitrogens with zero attached hydrogens (tertiary/aromatic N) is 2. The van der Waals surface area contributed by atoms with Crippen molar-refractivity contribution in [3.8, 4) is 11.5 Å². The van der Waals surface area contributed by atoms with Gasteiger partial charge in [0.2, 0.25) is 0 Å². The second-order valence-electron chi connectivity index (χ2n) is 6.34. The lowest BCUT2D eigenvalue weighted by Gasteiger charge is -2.12. The number of ether oxygens (including phenoxy) is 2. The molecule has 0 aliphatic rings. The molecule has 2 aromatic carbocycles. The molecule has 0 spiro atoms. The Bertz CT molecular complexity index is 1060. The van der Waals surface area contributed by atoms with Crippen LogP contribution in [0.4, 0.5) is 11.4 Å². The van der Waals surface area contributed by atoms with Gasteiger partial charge in [-0.05, 0) is 42.8 Å². The SMILES string of the molecule is CCOc1cc([N+](=O)[O-])c(C(=O)Nc2ccc(SCc3cccnc3)cc2)cc1OC. The third-order valence-electron chi connectivity index (χ3n) is 4.26. The van der Waals surface area contributed by atoms with Crippen molar-refractivity contribution < 1.29 is 19.2 Å². The van der Waals surface area contributed by atoms with Gasteiger partial charge in [0, 0.05) is 34.8 Å². The highest BCUT2D eigenvalue weighted by molar-refractivity contribution is 7.98. The van der Waals surface area contributed by atoms with Crippen molar-refractivity contribution in [2.24, 2.45) is 0 Å². The molecule has 0 fully saturated rings. The number of thioether (sulfide) groups is 1. The number of nitrogens with one attached hydrogen (secondary N) is 1. The largest absolute Gasteiger partial charge is 0.493 e. The van der Waals surface area contributed by atoms with E-state index in [9.17, 15) is 14.9 Å². The average molecular weight is 439 g/mol. The normalized spacial score (nSPS) is 10.4. The number of hydrogen-bond donors (Lipinski definition) is 1. The van der Waals surface area contributed by atoms with Crippen LogP contribution in [0.3, 0.4) is 0 Å². The number of benzene rings is 2. The van der Waals surface area contributed by atoms with Crippen LogP contribution >= 0.6 is 11.8 Å². The summed E-state index contributed by atoms with van der Waals surface area (Å²) in [5.41, 5.74) is 1.17. The van der Waals surface area contributed by atoms with E-state index < -0.39 is 10.8 Å². The first-order valence-corrected chi connectivity index (χ1v) is 10.4. The number of hydrogen-bond acceptors (Lipinski definition) is 7. The summed E-state index contributed by atoms with van der Waals surface area (Å²) in [7, 11) is 1.41. The Kier molecular flexibility index (Phi) is 7.45. The molecule has 1 N–H and O–H groups in total. The van der Waals surface area contributed by atoms with Crippen LogP contribution in [0.5, 0.6) is 11.5 Å². The maximum Gasteiger partial charge on any atom is 0.286 e. The van der Waals surface area contributed by atoms with Gasteiger partial charge in [0.15, 0.2) is 11.5 Å². The number of pyridine rings is 1. The lowest BCUT2D eigenvalue weighted by Crippen LogP contribution is -2.14. The highest BCUT2D eigenvalue weighted by Gasteiger charge is 2.24. The molecule has 0 aliphatic heterocycles. The topological polar surface area (TPSA) is 104 Å². The van der Waals surface area contributed by atoms with Gasteiger partial charge >= 0.3 is 0 Å². The van der Waals surface area contributed by atoms with Crippen LogP contribution in [0.25, 0.3) is 0 Å². The maximum atomic E-state index is 12.7. The van der Waals surface area contributed by atoms with Gasteiger partial charge in [0.05, 0.1) is 24.7 Å². The Labute approximate surface area is 183 Å². The molecule has 1 heterocycles. The summed E-state index contributed by atoms with van der Waals surface area (Å²) >= 11 is 1.64. The highest BCUT2D eigenvalue weighted by atomic mass is 32.2. The van der Waals surface area contributed by atoms with E-state index >= 15 is 0 Å². The molecule has 1 amide bonds. The quantitative estimate of drug-likeness (QED) is 0.286. The van der Waals surface area contributed by atoms with Crippen LogP contribution in [0, 0.1) is 10.1 Å². The summed E-state index contributed by atoms with van der Waals surface area (Å²) < 4.78 is 10.6. The monoisotopic (exact) mass is 439 g/mol. The fourth-order valence-corrected chi connectivity index (χ4v) is 3.63. The number of carbonyl (C=O) groups is 1. The van der Waals surface area contributed by atoms with Gasteiger partial charge in [0.25, 0.3) is 11.6 Å². The molecule has 0 radical (unpaired) electrons. The van der Waals surface area contributed by atoms with Gasteiger partial charge in [-0.2, -0.15) is 0 Å². The Morgan fingerprint density at radius 3 is 2.58 bits per heavy atom. The maximum absolute atomic E-state index is 12.7. The second-order valence-corrected chi connectivity index (χ2v) is 7.39. The zero-order valence-corrected chi connectivity index (χ0v) is 17.8. The number of carbonyl (C=O) groups excluding carboxylic acids is 1. The first-order valence-electron chi connectivity index (χ1n) is 9.44. The van der Waals surface area contributed by atoms with E-state index in [1.165, 1.54) is 19.2 Å². The summed E-state index contributed by atoms with van der Waals surface area (Å²) in [4.78, 5) is 28.7. The summed E-state index contributed by atoms with van der Waals surface area (Å²) in [5, 5.41) is 14.2. The third-order valence-corrected chi connectivity index (χ3v) is 5.35. The van der Waals surface area contributed by atoms with Gasteiger partial charge in [-0.1, -0.05) is 6.07 Å². The van der Waals surface area contributed by atoms with Gasteiger partial charge in [-0.15, -0.1) is 11.8 Å². The molecular formula is C22H21N3O5S. The number of methoxy groups -OCH3 is 1. The lowest BCUT2D eigenvalue weighted by atomic mass is 10.1. The van der Waals surface area contributed by atoms with Crippen molar-refractivity contribution >= 4 is 29.0 Å². The van der Waals surface area contributed by atoms with Crippen molar-refractivity contribution in [1.82, 2.24) is 4.98 Å². The fourth-order valence-electron chi connectivity index (χ4n) is 2.79. The van der Waals surface area contributed by atoms with Crippen LogP contribution in [0.2, 0.25) is 0 Å². The molecule has 1 aromatic heterocycles. The first kappa shape index (κ1) is 22.1. The summed E-state index contributed by atoms with van der Waals surface area (Å²) in [5.74, 6) is 0.629. The molecule has 3 rings (SSSR count). The number of anilines is 1. The van der Waals surface area contributed by atoms with Crippen molar-refractivity contribution in [2.75, 3.05) is 19.0 Å². The fraction of sp³-hybridized carbons (Fsp3) is 0.182. The van der Waals surface area contributed by atoms with Crippen molar-refractivity contribution in [1.29, 1.82) is 0 Å². The van der Waals surface area contributed by atoms with E-state index in [0.717, 1.165) is 16.2 Å². The molecule has 8 nitrogen and oxygen atoms in total. The molecule has 31 heavy (non-hydrogen) atoms. The predicted molar refractivity (Wildman–Crippen MR) is 119 cm³/mol. The van der Waals surface area contributed by atoms with Crippen molar-refractivity contribution in [3.05, 3.63) is 82.2 Å². The number of nitro benzene ring substituents is 1. The van der Waals surface area contributed by atoms with Crippen molar-refractivity contribution in [2.45, 2.75) is 17.6 Å². The first-order chi connectivity index (χ1) is 15.0. The van der Waals surface area contributed by atoms with E-state index in [-0.39, 0.29) is 22.7 Å². The molecule has 3 aromatic rings. The zero-order valence-electron chi connectivity index (χ0n) is 17.0. The number of amides is 1. The second kappa shape index (κ2) is 10.4. The lowest BCUT2D eigenvalue weighted by molar-refractivity contribution is -0.385. The van der Waals surface area contributed by atoms with Gasteiger partial charge in [0.1, 0.15) is 5.56 Å². The molecule has 0 saturated heterocycles. The number of rotatable bonds is 9. The minimum atomic E-state index is -0.616. The van der Waals surface area contributed by atoms with Crippen LogP contribution in [0.15, 0.2) is 65.8 Å². The highest BCUT2D eigenvalue weighted by Crippen LogP contribution is 2.35. The Hall–Kier alpha value is -3.59. The molecule has 0 saturated carbocycles. The smallest absolute Gasteiger partial charge is 0.286 e. The minimum Gasteiger partial charge on any atom is -0.493 e. The summed E-state index contributed by atoms with van der Waals surface area (Å²) in [6.07, 6.45) is 3.55. The van der Waals surface area contributed by atoms with E-state index in [1.54, 1.807) is 37.0 Å². The predicted octanol–water partition coefficient (Wildman–Crippen LogP) is 4.94. The number of nitro groups is 1. The average Bonchev–Trinajstić information content (AvgIpc) is 2.79. The molecule has 160 valence electrons. The Morgan fingerprint density at radius 1 is 1.19 bits per heavy atom. The Morgan fingerprint density at radius 2 is 1.97 bits per heavy atom. The number of aromatic nitrogens is 1. The van der Waals surface area contributed by atoms with Crippen LogP contribution in [-0.2, 0) is 5.75 Å².